The summed E-state index contributed by atoms with van der Waals surface area (Å²) in [5.74, 6) is 0.517. The molecule has 0 radical (unpaired) electrons. The predicted molar refractivity (Wildman–Crippen MR) is 82.0 cm³/mol. The average Bonchev–Trinajstić information content (AvgIpc) is 2.34. The van der Waals surface area contributed by atoms with E-state index >= 15 is 0 Å². The molecule has 0 saturated carbocycles. The van der Waals surface area contributed by atoms with E-state index in [0.717, 1.165) is 25.7 Å². The van der Waals surface area contributed by atoms with Gasteiger partial charge in [0.15, 0.2) is 0 Å². The molecule has 0 saturated heterocycles. The van der Waals surface area contributed by atoms with Gasteiger partial charge in [0, 0.05) is 0 Å². The standard InChI is InChI=1S/C17H32O2/c1-8-11-14(9-2)12-13-19-15(18)17(7,10-3)16(4,5)6/h8,14H,1,9-13H2,2-7H3. The van der Waals surface area contributed by atoms with Crippen molar-refractivity contribution in [2.24, 2.45) is 16.7 Å². The van der Waals surface area contributed by atoms with Crippen molar-refractivity contribution in [1.82, 2.24) is 0 Å². The largest absolute Gasteiger partial charge is 0.465 e. The predicted octanol–water partition coefficient (Wildman–Crippen LogP) is 4.98. The van der Waals surface area contributed by atoms with Crippen LogP contribution in [0, 0.1) is 16.7 Å². The zero-order valence-corrected chi connectivity index (χ0v) is 13.7. The molecule has 19 heavy (non-hydrogen) atoms. The smallest absolute Gasteiger partial charge is 0.312 e. The van der Waals surface area contributed by atoms with E-state index in [1.165, 1.54) is 0 Å². The number of esters is 1. The van der Waals surface area contributed by atoms with Crippen LogP contribution >= 0.6 is 0 Å². The molecule has 0 aromatic heterocycles. The Morgan fingerprint density at radius 3 is 2.21 bits per heavy atom. The van der Waals surface area contributed by atoms with Gasteiger partial charge in [-0.15, -0.1) is 6.58 Å². The Kier molecular flexibility index (Phi) is 7.39. The number of rotatable bonds is 8. The quantitative estimate of drug-likeness (QED) is 0.458. The third kappa shape index (κ3) is 5.00. The number of carbonyl (C=O) groups excluding carboxylic acids is 1. The lowest BCUT2D eigenvalue weighted by Gasteiger charge is -2.38. The first-order valence-electron chi connectivity index (χ1n) is 7.51. The lowest BCUT2D eigenvalue weighted by atomic mass is 9.66. The van der Waals surface area contributed by atoms with Gasteiger partial charge in [0.1, 0.15) is 0 Å². The Hall–Kier alpha value is -0.790. The Bertz CT molecular complexity index is 288. The third-order valence-electron chi connectivity index (χ3n) is 4.65. The highest BCUT2D eigenvalue weighted by molar-refractivity contribution is 5.77. The number of ether oxygens (including phenoxy) is 1. The topological polar surface area (TPSA) is 26.3 Å². The molecule has 112 valence electrons. The lowest BCUT2D eigenvalue weighted by Crippen LogP contribution is -2.41. The van der Waals surface area contributed by atoms with Crippen molar-refractivity contribution < 1.29 is 9.53 Å². The van der Waals surface area contributed by atoms with Crippen molar-refractivity contribution in [2.75, 3.05) is 6.61 Å². The van der Waals surface area contributed by atoms with Gasteiger partial charge in [0.05, 0.1) is 12.0 Å². The number of allylic oxidation sites excluding steroid dienone is 1. The monoisotopic (exact) mass is 268 g/mol. The zero-order valence-electron chi connectivity index (χ0n) is 13.7. The Morgan fingerprint density at radius 2 is 1.84 bits per heavy atom. The molecule has 2 heteroatoms. The van der Waals surface area contributed by atoms with Crippen LogP contribution in [-0.2, 0) is 9.53 Å². The van der Waals surface area contributed by atoms with E-state index in [9.17, 15) is 4.79 Å². The zero-order chi connectivity index (χ0) is 15.1. The van der Waals surface area contributed by atoms with E-state index in [0.29, 0.717) is 12.5 Å². The summed E-state index contributed by atoms with van der Waals surface area (Å²) in [4.78, 5) is 12.3. The van der Waals surface area contributed by atoms with Crippen molar-refractivity contribution in [3.8, 4) is 0 Å². The lowest BCUT2D eigenvalue weighted by molar-refractivity contribution is -0.162. The molecule has 0 bridgehead atoms. The Balaban J connectivity index is 4.41. The van der Waals surface area contributed by atoms with Crippen LogP contribution in [0.3, 0.4) is 0 Å². The van der Waals surface area contributed by atoms with Crippen LogP contribution in [-0.4, -0.2) is 12.6 Å². The molecule has 0 amide bonds. The molecule has 0 heterocycles. The maximum absolute atomic E-state index is 12.3. The molecule has 0 rings (SSSR count). The highest BCUT2D eigenvalue weighted by Gasteiger charge is 2.43. The molecule has 0 aliphatic heterocycles. The van der Waals surface area contributed by atoms with Crippen molar-refractivity contribution in [1.29, 1.82) is 0 Å². The van der Waals surface area contributed by atoms with Crippen LogP contribution < -0.4 is 0 Å². The summed E-state index contributed by atoms with van der Waals surface area (Å²) in [5, 5.41) is 0. The summed E-state index contributed by atoms with van der Waals surface area (Å²) in [7, 11) is 0. The van der Waals surface area contributed by atoms with Gasteiger partial charge in [-0.1, -0.05) is 47.1 Å². The van der Waals surface area contributed by atoms with Crippen LogP contribution in [0.2, 0.25) is 0 Å². The second kappa shape index (κ2) is 7.72. The summed E-state index contributed by atoms with van der Waals surface area (Å²) in [5.41, 5.74) is -0.489. The first kappa shape index (κ1) is 18.2. The van der Waals surface area contributed by atoms with Crippen molar-refractivity contribution >= 4 is 5.97 Å². The Labute approximate surface area is 119 Å². The molecular formula is C17H32O2. The maximum atomic E-state index is 12.3. The fraction of sp³-hybridized carbons (Fsp3) is 0.824. The van der Waals surface area contributed by atoms with Crippen LogP contribution in [0.15, 0.2) is 12.7 Å². The maximum Gasteiger partial charge on any atom is 0.312 e. The van der Waals surface area contributed by atoms with E-state index in [-0.39, 0.29) is 11.4 Å². The molecule has 0 aromatic carbocycles. The molecule has 0 fully saturated rings. The van der Waals surface area contributed by atoms with Gasteiger partial charge < -0.3 is 4.74 Å². The third-order valence-corrected chi connectivity index (χ3v) is 4.65. The van der Waals surface area contributed by atoms with E-state index in [1.807, 2.05) is 13.0 Å². The van der Waals surface area contributed by atoms with Crippen LogP contribution in [0.25, 0.3) is 0 Å². The molecular weight excluding hydrogens is 236 g/mol. The van der Waals surface area contributed by atoms with Crippen LogP contribution in [0.5, 0.6) is 0 Å². The molecule has 0 aromatic rings. The summed E-state index contributed by atoms with van der Waals surface area (Å²) >= 11 is 0. The van der Waals surface area contributed by atoms with Crippen molar-refractivity contribution in [3.63, 3.8) is 0 Å². The number of carbonyl (C=O) groups is 1. The van der Waals surface area contributed by atoms with Crippen molar-refractivity contribution in [2.45, 2.75) is 67.2 Å². The number of hydrogen-bond acceptors (Lipinski definition) is 2. The Morgan fingerprint density at radius 1 is 1.26 bits per heavy atom. The minimum absolute atomic E-state index is 0.0593. The highest BCUT2D eigenvalue weighted by atomic mass is 16.5. The molecule has 2 unspecified atom stereocenters. The van der Waals surface area contributed by atoms with Gasteiger partial charge in [-0.05, 0) is 37.5 Å². The van der Waals surface area contributed by atoms with E-state index < -0.39 is 5.41 Å². The van der Waals surface area contributed by atoms with E-state index in [2.05, 4.69) is 41.2 Å². The molecule has 2 atom stereocenters. The minimum atomic E-state index is -0.410. The SMILES string of the molecule is C=CCC(CC)CCOC(=O)C(C)(CC)C(C)(C)C. The van der Waals surface area contributed by atoms with Gasteiger partial charge in [-0.3, -0.25) is 4.79 Å². The molecule has 0 spiro atoms. The highest BCUT2D eigenvalue weighted by Crippen LogP contribution is 2.42. The minimum Gasteiger partial charge on any atom is -0.465 e. The van der Waals surface area contributed by atoms with Crippen molar-refractivity contribution in [3.05, 3.63) is 12.7 Å². The second-order valence-corrected chi connectivity index (χ2v) is 6.66. The summed E-state index contributed by atoms with van der Waals surface area (Å²) in [6, 6.07) is 0. The molecule has 0 aliphatic carbocycles. The van der Waals surface area contributed by atoms with E-state index in [1.54, 1.807) is 0 Å². The fourth-order valence-electron chi connectivity index (χ4n) is 2.18. The number of hydrogen-bond donors (Lipinski definition) is 0. The second-order valence-electron chi connectivity index (χ2n) is 6.66. The van der Waals surface area contributed by atoms with Gasteiger partial charge in [0.2, 0.25) is 0 Å². The normalized spacial score (nSPS) is 16.5. The van der Waals surface area contributed by atoms with Crippen LogP contribution in [0.4, 0.5) is 0 Å². The fourth-order valence-corrected chi connectivity index (χ4v) is 2.18. The van der Waals surface area contributed by atoms with Gasteiger partial charge >= 0.3 is 5.97 Å². The van der Waals surface area contributed by atoms with E-state index in [4.69, 9.17) is 4.74 Å². The van der Waals surface area contributed by atoms with Gasteiger partial charge in [-0.2, -0.15) is 0 Å². The molecule has 0 N–H and O–H groups in total. The summed E-state index contributed by atoms with van der Waals surface area (Å²) < 4.78 is 5.53. The first-order valence-corrected chi connectivity index (χ1v) is 7.51. The van der Waals surface area contributed by atoms with Gasteiger partial charge in [-0.25, -0.2) is 0 Å². The molecule has 0 aliphatic rings. The summed E-state index contributed by atoms with van der Waals surface area (Å²) in [6.07, 6.45) is 5.78. The van der Waals surface area contributed by atoms with Gasteiger partial charge in [0.25, 0.3) is 0 Å². The van der Waals surface area contributed by atoms with Crippen LogP contribution in [0.1, 0.15) is 67.2 Å². The average molecular weight is 268 g/mol. The first-order chi connectivity index (χ1) is 8.72. The molecule has 2 nitrogen and oxygen atoms in total. The summed E-state index contributed by atoms with van der Waals surface area (Å²) in [6.45, 7) is 16.8.